The van der Waals surface area contributed by atoms with Gasteiger partial charge >= 0.3 is 0 Å². The topological polar surface area (TPSA) is 53.4 Å². The molecule has 0 fully saturated rings. The molecule has 3 nitrogen and oxygen atoms in total. The summed E-state index contributed by atoms with van der Waals surface area (Å²) in [5, 5.41) is 21.8. The van der Waals surface area contributed by atoms with Gasteiger partial charge in [-0.05, 0) is 43.5 Å². The zero-order valence-corrected chi connectivity index (χ0v) is 11.7. The number of aromatic nitrogens is 1. The first-order chi connectivity index (χ1) is 9.00. The Bertz CT molecular complexity index is 576. The van der Waals surface area contributed by atoms with Crippen molar-refractivity contribution in [1.82, 2.24) is 4.98 Å². The van der Waals surface area contributed by atoms with Crippen LogP contribution in [0, 0.1) is 6.92 Å². The number of pyridine rings is 1. The fourth-order valence-electron chi connectivity index (χ4n) is 2.36. The molecule has 1 aromatic carbocycles. The van der Waals surface area contributed by atoms with Crippen molar-refractivity contribution in [3.05, 3.63) is 41.6 Å². The number of aliphatic hydroxyl groups is 2. The molecule has 2 aromatic rings. The number of aryl methyl sites for hydroxylation is 1. The quantitative estimate of drug-likeness (QED) is 0.887. The second kappa shape index (κ2) is 5.27. The van der Waals surface area contributed by atoms with E-state index in [2.05, 4.69) is 4.98 Å². The van der Waals surface area contributed by atoms with Gasteiger partial charge in [-0.2, -0.15) is 0 Å². The lowest BCUT2D eigenvalue weighted by atomic mass is 9.86. The Morgan fingerprint density at radius 1 is 1.16 bits per heavy atom. The molecule has 0 bridgehead atoms. The molecular formula is C16H21NO2. The molecule has 0 saturated carbocycles. The second-order valence-electron chi connectivity index (χ2n) is 5.12. The van der Waals surface area contributed by atoms with Gasteiger partial charge in [-0.1, -0.05) is 26.0 Å². The Morgan fingerprint density at radius 3 is 2.47 bits per heavy atom. The summed E-state index contributed by atoms with van der Waals surface area (Å²) in [4.78, 5) is 4.43. The van der Waals surface area contributed by atoms with Crippen LogP contribution in [0.25, 0.3) is 10.9 Å². The van der Waals surface area contributed by atoms with Crippen LogP contribution in [-0.4, -0.2) is 20.8 Å². The first-order valence-corrected chi connectivity index (χ1v) is 6.78. The van der Waals surface area contributed by atoms with E-state index in [0.29, 0.717) is 12.8 Å². The molecular weight excluding hydrogens is 238 g/mol. The second-order valence-corrected chi connectivity index (χ2v) is 5.12. The highest BCUT2D eigenvalue weighted by atomic mass is 16.3. The van der Waals surface area contributed by atoms with Gasteiger partial charge in [0.05, 0.1) is 11.1 Å². The number of rotatable bonds is 4. The minimum Gasteiger partial charge on any atom is -0.387 e. The maximum absolute atomic E-state index is 10.4. The van der Waals surface area contributed by atoms with Crippen LogP contribution in [0.4, 0.5) is 0 Å². The molecule has 0 aliphatic heterocycles. The zero-order chi connectivity index (χ0) is 14.0. The molecule has 0 aliphatic rings. The molecule has 0 aliphatic carbocycles. The molecule has 1 aromatic heterocycles. The highest BCUT2D eigenvalue weighted by Crippen LogP contribution is 2.32. The third-order valence-electron chi connectivity index (χ3n) is 3.90. The van der Waals surface area contributed by atoms with Gasteiger partial charge in [-0.25, -0.2) is 0 Å². The van der Waals surface area contributed by atoms with Crippen molar-refractivity contribution in [3.8, 4) is 0 Å². The number of aliphatic hydroxyl groups excluding tert-OH is 1. The Kier molecular flexibility index (Phi) is 3.88. The van der Waals surface area contributed by atoms with Crippen molar-refractivity contribution in [3.63, 3.8) is 0 Å². The van der Waals surface area contributed by atoms with Gasteiger partial charge in [0.2, 0.25) is 0 Å². The molecule has 0 radical (unpaired) electrons. The summed E-state index contributed by atoms with van der Waals surface area (Å²) in [7, 11) is 0. The highest BCUT2D eigenvalue weighted by Gasteiger charge is 2.32. The van der Waals surface area contributed by atoms with E-state index >= 15 is 0 Å². The average molecular weight is 259 g/mol. The SMILES string of the molecule is CCC(O)(CC)C(O)c1ccc2nc(C)ccc2c1. The largest absolute Gasteiger partial charge is 0.387 e. The van der Waals surface area contributed by atoms with Gasteiger partial charge in [-0.15, -0.1) is 0 Å². The maximum Gasteiger partial charge on any atom is 0.108 e. The van der Waals surface area contributed by atoms with Crippen molar-refractivity contribution < 1.29 is 10.2 Å². The molecule has 2 rings (SSSR count). The van der Waals surface area contributed by atoms with Gasteiger partial charge in [0.25, 0.3) is 0 Å². The predicted octanol–water partition coefficient (Wildman–Crippen LogP) is 3.13. The number of benzene rings is 1. The van der Waals surface area contributed by atoms with Crippen molar-refractivity contribution in [2.24, 2.45) is 0 Å². The Balaban J connectivity index is 2.43. The normalized spacial score (nSPS) is 13.7. The summed E-state index contributed by atoms with van der Waals surface area (Å²) in [5.41, 5.74) is 1.56. The molecule has 3 heteroatoms. The predicted molar refractivity (Wildman–Crippen MR) is 77.0 cm³/mol. The monoisotopic (exact) mass is 259 g/mol. The Hall–Kier alpha value is -1.45. The van der Waals surface area contributed by atoms with E-state index in [1.54, 1.807) is 0 Å². The lowest BCUT2D eigenvalue weighted by Gasteiger charge is -2.31. The Labute approximate surface area is 113 Å². The maximum atomic E-state index is 10.4. The van der Waals surface area contributed by atoms with Crippen LogP contribution < -0.4 is 0 Å². The molecule has 2 N–H and O–H groups in total. The van der Waals surface area contributed by atoms with Gasteiger partial charge in [0.15, 0.2) is 0 Å². The lowest BCUT2D eigenvalue weighted by Crippen LogP contribution is -2.34. The van der Waals surface area contributed by atoms with Gasteiger partial charge in [0.1, 0.15) is 6.10 Å². The van der Waals surface area contributed by atoms with Crippen molar-refractivity contribution in [2.75, 3.05) is 0 Å². The molecule has 0 spiro atoms. The summed E-state index contributed by atoms with van der Waals surface area (Å²) in [6.45, 7) is 5.73. The van der Waals surface area contributed by atoms with Crippen LogP contribution in [0.2, 0.25) is 0 Å². The summed E-state index contributed by atoms with van der Waals surface area (Å²) in [6.07, 6.45) is 0.178. The highest BCUT2D eigenvalue weighted by molar-refractivity contribution is 5.79. The molecule has 19 heavy (non-hydrogen) atoms. The number of nitrogens with zero attached hydrogens (tertiary/aromatic N) is 1. The van der Waals surface area contributed by atoms with Crippen molar-refractivity contribution >= 4 is 10.9 Å². The fourth-order valence-corrected chi connectivity index (χ4v) is 2.36. The summed E-state index contributed by atoms with van der Waals surface area (Å²) >= 11 is 0. The zero-order valence-electron chi connectivity index (χ0n) is 11.7. The molecule has 0 saturated heterocycles. The first kappa shape index (κ1) is 14.0. The van der Waals surface area contributed by atoms with Crippen LogP contribution in [0.5, 0.6) is 0 Å². The lowest BCUT2D eigenvalue weighted by molar-refractivity contribution is -0.0820. The number of hydrogen-bond donors (Lipinski definition) is 2. The van der Waals surface area contributed by atoms with E-state index in [0.717, 1.165) is 22.2 Å². The standard InChI is InChI=1S/C16H21NO2/c1-4-16(19,5-2)15(18)13-8-9-14-12(10-13)7-6-11(3)17-14/h6-10,15,18-19H,4-5H2,1-3H3. The fraction of sp³-hybridized carbons (Fsp3) is 0.438. The number of hydrogen-bond acceptors (Lipinski definition) is 3. The van der Waals surface area contributed by atoms with E-state index in [-0.39, 0.29) is 0 Å². The summed E-state index contributed by atoms with van der Waals surface area (Å²) in [6, 6.07) is 9.58. The average Bonchev–Trinajstić information content (AvgIpc) is 2.45. The molecule has 1 heterocycles. The third-order valence-corrected chi connectivity index (χ3v) is 3.90. The van der Waals surface area contributed by atoms with Crippen LogP contribution in [0.1, 0.15) is 44.1 Å². The Morgan fingerprint density at radius 2 is 1.84 bits per heavy atom. The smallest absolute Gasteiger partial charge is 0.108 e. The molecule has 0 amide bonds. The molecule has 1 unspecified atom stereocenters. The molecule has 1 atom stereocenters. The third kappa shape index (κ3) is 2.62. The first-order valence-electron chi connectivity index (χ1n) is 6.78. The van der Waals surface area contributed by atoms with Gasteiger partial charge in [-0.3, -0.25) is 4.98 Å². The van der Waals surface area contributed by atoms with Crippen LogP contribution in [0.3, 0.4) is 0 Å². The van der Waals surface area contributed by atoms with Crippen molar-refractivity contribution in [2.45, 2.75) is 45.3 Å². The van der Waals surface area contributed by atoms with Crippen LogP contribution in [-0.2, 0) is 0 Å². The van der Waals surface area contributed by atoms with Gasteiger partial charge in [0, 0.05) is 11.1 Å². The van der Waals surface area contributed by atoms with E-state index in [4.69, 9.17) is 0 Å². The van der Waals surface area contributed by atoms with Crippen LogP contribution in [0.15, 0.2) is 30.3 Å². The minimum atomic E-state index is -1.06. The van der Waals surface area contributed by atoms with Crippen molar-refractivity contribution in [1.29, 1.82) is 0 Å². The number of fused-ring (bicyclic) bond motifs is 1. The van der Waals surface area contributed by atoms with E-state index in [9.17, 15) is 10.2 Å². The van der Waals surface area contributed by atoms with Gasteiger partial charge < -0.3 is 10.2 Å². The minimum absolute atomic E-state index is 0.523. The van der Waals surface area contributed by atoms with Crippen LogP contribution >= 0.6 is 0 Å². The van der Waals surface area contributed by atoms with E-state index in [1.807, 2.05) is 51.1 Å². The summed E-state index contributed by atoms with van der Waals surface area (Å²) < 4.78 is 0. The summed E-state index contributed by atoms with van der Waals surface area (Å²) in [5.74, 6) is 0. The molecule has 102 valence electrons. The van der Waals surface area contributed by atoms with E-state index in [1.165, 1.54) is 0 Å². The van der Waals surface area contributed by atoms with E-state index < -0.39 is 11.7 Å².